The van der Waals surface area contributed by atoms with Crippen LogP contribution >= 0.6 is 11.6 Å². The summed E-state index contributed by atoms with van der Waals surface area (Å²) in [7, 11) is 1.22. The van der Waals surface area contributed by atoms with Crippen molar-refractivity contribution in [2.45, 2.75) is 0 Å². The summed E-state index contributed by atoms with van der Waals surface area (Å²) in [5.74, 6) is 0. The topological polar surface area (TPSA) is 83.8 Å². The van der Waals surface area contributed by atoms with Gasteiger partial charge >= 0.3 is 11.6 Å². The second kappa shape index (κ2) is 7.03. The first-order valence-corrected chi connectivity index (χ1v) is 2.03. The number of carbonyl (C=O) groups excluding carboxylic acids is 1. The summed E-state index contributed by atoms with van der Waals surface area (Å²) in [6, 6.07) is 0. The summed E-state index contributed by atoms with van der Waals surface area (Å²) in [4.78, 5) is 17.9. The van der Waals surface area contributed by atoms with Crippen molar-refractivity contribution in [1.29, 1.82) is 0 Å². The highest BCUT2D eigenvalue weighted by atomic mass is 35.5. The van der Waals surface area contributed by atoms with Crippen LogP contribution in [-0.2, 0) is 4.74 Å². The van der Waals surface area contributed by atoms with Gasteiger partial charge < -0.3 is 14.9 Å². The third-order valence-corrected chi connectivity index (χ3v) is 0.315. The summed E-state index contributed by atoms with van der Waals surface area (Å²) in [5, 5.41) is 13.9. The van der Waals surface area contributed by atoms with E-state index in [4.69, 9.17) is 15.0 Å². The molecule has 54 valence electrons. The van der Waals surface area contributed by atoms with Crippen LogP contribution in [0.4, 0.5) is 9.59 Å². The lowest BCUT2D eigenvalue weighted by molar-refractivity contribution is 0.137. The Morgan fingerprint density at radius 3 is 1.56 bits per heavy atom. The van der Waals surface area contributed by atoms with E-state index in [1.807, 2.05) is 0 Å². The van der Waals surface area contributed by atoms with E-state index in [1.165, 1.54) is 7.11 Å². The van der Waals surface area contributed by atoms with Crippen molar-refractivity contribution in [2.24, 2.45) is 0 Å². The molecule has 0 saturated heterocycles. The van der Waals surface area contributed by atoms with Crippen molar-refractivity contribution in [1.82, 2.24) is 0 Å². The first kappa shape index (κ1) is 10.9. The van der Waals surface area contributed by atoms with Crippen LogP contribution in [0.3, 0.4) is 0 Å². The number of carbonyl (C=O) groups is 2. The molecule has 9 heavy (non-hydrogen) atoms. The number of ether oxygens (including phenoxy) is 1. The van der Waals surface area contributed by atoms with Gasteiger partial charge in [-0.2, -0.15) is 0 Å². The van der Waals surface area contributed by atoms with Gasteiger partial charge in [0.05, 0.1) is 7.11 Å². The maximum absolute atomic E-state index is 9.36. The Bertz CT molecular complexity index is 96.4. The van der Waals surface area contributed by atoms with Gasteiger partial charge in [-0.25, -0.2) is 9.59 Å². The van der Waals surface area contributed by atoms with Gasteiger partial charge in [-0.3, -0.25) is 0 Å². The number of hydrogen-bond acceptors (Lipinski definition) is 3. The number of carboxylic acid groups (broad SMARTS) is 2. The van der Waals surface area contributed by atoms with E-state index in [0.717, 1.165) is 0 Å². The minimum absolute atomic E-state index is 0.773. The lowest BCUT2D eigenvalue weighted by Crippen LogP contribution is -1.81. The smallest absolute Gasteiger partial charge is 0.457 e. The molecule has 2 N–H and O–H groups in total. The van der Waals surface area contributed by atoms with Gasteiger partial charge in [0.25, 0.3) is 0 Å². The van der Waals surface area contributed by atoms with Crippen molar-refractivity contribution in [2.75, 3.05) is 7.11 Å². The van der Waals surface area contributed by atoms with E-state index in [2.05, 4.69) is 16.3 Å². The molecular weight excluding hydrogens is 151 g/mol. The highest BCUT2D eigenvalue weighted by Crippen LogP contribution is 1.78. The van der Waals surface area contributed by atoms with Crippen molar-refractivity contribution in [3.63, 3.8) is 0 Å². The zero-order valence-electron chi connectivity index (χ0n) is 4.50. The largest absolute Gasteiger partial charge is 0.503 e. The predicted molar refractivity (Wildman–Crippen MR) is 28.9 cm³/mol. The molecular formula is C3H5ClO5. The van der Waals surface area contributed by atoms with Crippen LogP contribution in [0.25, 0.3) is 0 Å². The van der Waals surface area contributed by atoms with E-state index in [-0.39, 0.29) is 0 Å². The fraction of sp³-hybridized carbons (Fsp3) is 0.333. The average molecular weight is 157 g/mol. The minimum Gasteiger partial charge on any atom is -0.457 e. The summed E-state index contributed by atoms with van der Waals surface area (Å²) >= 11 is 4.60. The maximum atomic E-state index is 9.36. The minimum atomic E-state index is -1.83. The zero-order valence-corrected chi connectivity index (χ0v) is 5.25. The Morgan fingerprint density at radius 2 is 1.56 bits per heavy atom. The quantitative estimate of drug-likeness (QED) is 0.515. The monoisotopic (exact) mass is 156 g/mol. The van der Waals surface area contributed by atoms with Crippen LogP contribution < -0.4 is 0 Å². The molecule has 0 aromatic rings. The molecule has 0 heterocycles. The molecule has 0 aliphatic heterocycles. The second-order valence-corrected chi connectivity index (χ2v) is 1.03. The van der Waals surface area contributed by atoms with E-state index >= 15 is 0 Å². The molecule has 0 atom stereocenters. The van der Waals surface area contributed by atoms with Crippen LogP contribution in [-0.4, -0.2) is 28.9 Å². The van der Waals surface area contributed by atoms with Gasteiger partial charge in [-0.05, 0) is 0 Å². The Labute approximate surface area is 55.8 Å². The summed E-state index contributed by atoms with van der Waals surface area (Å²) in [5.41, 5.74) is -0.773. The predicted octanol–water partition coefficient (Wildman–Crippen LogP) is 1.21. The molecule has 0 unspecified atom stereocenters. The first-order valence-electron chi connectivity index (χ1n) is 1.66. The molecule has 0 aliphatic rings. The third kappa shape index (κ3) is 168. The zero-order chi connectivity index (χ0) is 7.86. The molecule has 0 amide bonds. The van der Waals surface area contributed by atoms with E-state index in [1.54, 1.807) is 0 Å². The maximum Gasteiger partial charge on any atom is 0.503 e. The van der Waals surface area contributed by atoms with E-state index < -0.39 is 11.6 Å². The van der Waals surface area contributed by atoms with Gasteiger partial charge in [-0.1, -0.05) is 0 Å². The Balaban J connectivity index is 0. The average Bonchev–Trinajstić information content (AvgIpc) is 1.65. The van der Waals surface area contributed by atoms with Gasteiger partial charge in [0, 0.05) is 11.6 Å². The van der Waals surface area contributed by atoms with Crippen molar-refractivity contribution in [3.8, 4) is 0 Å². The van der Waals surface area contributed by atoms with Crippen LogP contribution in [0.2, 0.25) is 0 Å². The lowest BCUT2D eigenvalue weighted by Gasteiger charge is -1.77. The van der Waals surface area contributed by atoms with Crippen LogP contribution in [0.5, 0.6) is 0 Å². The third-order valence-electron chi connectivity index (χ3n) is 0.160. The molecule has 0 fully saturated rings. The number of hydrogen-bond donors (Lipinski definition) is 2. The van der Waals surface area contributed by atoms with Crippen molar-refractivity contribution >= 4 is 23.2 Å². The van der Waals surface area contributed by atoms with Gasteiger partial charge in [0.2, 0.25) is 0 Å². The van der Waals surface area contributed by atoms with Crippen molar-refractivity contribution in [3.05, 3.63) is 0 Å². The number of methoxy groups -OCH3 is 1. The molecule has 0 aromatic heterocycles. The second-order valence-electron chi connectivity index (χ2n) is 0.724. The fourth-order valence-electron chi connectivity index (χ4n) is 0. The van der Waals surface area contributed by atoms with E-state index in [0.29, 0.717) is 0 Å². The first-order chi connectivity index (χ1) is 4.00. The van der Waals surface area contributed by atoms with E-state index in [9.17, 15) is 4.79 Å². The highest BCUT2D eigenvalue weighted by Gasteiger charge is 1.80. The molecule has 0 rings (SSSR count). The molecule has 0 aromatic carbocycles. The highest BCUT2D eigenvalue weighted by molar-refractivity contribution is 6.61. The standard InChI is InChI=1S/C2H3ClO2.CH2O3/c1-5-2(3)4;2-1(3)4/h1H3;(H2,2,3,4). The number of rotatable bonds is 0. The molecule has 0 spiro atoms. The summed E-state index contributed by atoms with van der Waals surface area (Å²) in [6.45, 7) is 0. The Morgan fingerprint density at radius 1 is 1.44 bits per heavy atom. The molecule has 0 bridgehead atoms. The van der Waals surface area contributed by atoms with Gasteiger partial charge in [0.1, 0.15) is 0 Å². The van der Waals surface area contributed by atoms with Gasteiger partial charge in [-0.15, -0.1) is 0 Å². The van der Waals surface area contributed by atoms with Crippen molar-refractivity contribution < 1.29 is 24.5 Å². The number of halogens is 1. The molecule has 0 radical (unpaired) electrons. The van der Waals surface area contributed by atoms with Crippen LogP contribution in [0, 0.1) is 0 Å². The summed E-state index contributed by atoms with van der Waals surface area (Å²) < 4.78 is 3.88. The Kier molecular flexibility index (Phi) is 8.53. The van der Waals surface area contributed by atoms with Crippen LogP contribution in [0.15, 0.2) is 0 Å². The summed E-state index contributed by atoms with van der Waals surface area (Å²) in [6.07, 6.45) is -1.83. The molecule has 6 heteroatoms. The SMILES string of the molecule is COC(=O)Cl.O=C(O)O. The fourth-order valence-corrected chi connectivity index (χ4v) is 0. The van der Waals surface area contributed by atoms with Crippen LogP contribution in [0.1, 0.15) is 0 Å². The lowest BCUT2D eigenvalue weighted by atomic mass is 11.5. The Hall–Kier alpha value is -0.970. The molecule has 0 saturated carbocycles. The molecule has 0 aliphatic carbocycles. The normalized spacial score (nSPS) is 6.44. The molecule has 5 nitrogen and oxygen atoms in total. The van der Waals surface area contributed by atoms with Gasteiger partial charge in [0.15, 0.2) is 0 Å².